The maximum absolute atomic E-state index is 13.0. The molecule has 1 fully saturated rings. The summed E-state index contributed by atoms with van der Waals surface area (Å²) in [5.41, 5.74) is 5.11. The van der Waals surface area contributed by atoms with Gasteiger partial charge < -0.3 is 0 Å². The largest absolute Gasteiger partial charge is 0.294 e. The van der Waals surface area contributed by atoms with E-state index in [9.17, 15) is 4.79 Å². The Balaban J connectivity index is 1.42. The van der Waals surface area contributed by atoms with Crippen molar-refractivity contribution in [3.63, 3.8) is 0 Å². The monoisotopic (exact) mass is 366 g/mol. The van der Waals surface area contributed by atoms with Gasteiger partial charge in [0.05, 0.1) is 11.3 Å². The highest BCUT2D eigenvalue weighted by atomic mass is 32.2. The first-order valence-electron chi connectivity index (χ1n) is 9.20. The van der Waals surface area contributed by atoms with E-state index in [1.54, 1.807) is 16.3 Å². The predicted octanol–water partition coefficient (Wildman–Crippen LogP) is 3.18. The molecule has 0 spiro atoms. The lowest BCUT2D eigenvalue weighted by Gasteiger charge is -2.27. The Hall–Kier alpha value is -2.05. The van der Waals surface area contributed by atoms with Gasteiger partial charge in [-0.15, -0.1) is 11.8 Å². The third-order valence-corrected chi connectivity index (χ3v) is 6.19. The molecule has 3 aromatic rings. The molecule has 1 saturated carbocycles. The fourth-order valence-electron chi connectivity index (χ4n) is 3.78. The van der Waals surface area contributed by atoms with Gasteiger partial charge in [0.25, 0.3) is 5.56 Å². The summed E-state index contributed by atoms with van der Waals surface area (Å²) in [6.07, 6.45) is 5.36. The topological polar surface area (TPSA) is 53.4 Å². The van der Waals surface area contributed by atoms with E-state index in [4.69, 9.17) is 4.98 Å². The molecule has 3 heterocycles. The minimum absolute atomic E-state index is 0.0688. The second-order valence-electron chi connectivity index (χ2n) is 7.33. The Kier molecular flexibility index (Phi) is 3.90. The smallest absolute Gasteiger partial charge is 0.277 e. The number of hydrogen-bond donors (Lipinski definition) is 1. The molecule has 2 aromatic heterocycles. The summed E-state index contributed by atoms with van der Waals surface area (Å²) in [7, 11) is 0. The van der Waals surface area contributed by atoms with Gasteiger partial charge in [0, 0.05) is 48.6 Å². The fraction of sp³-hybridized carbons (Fsp3) is 0.400. The van der Waals surface area contributed by atoms with Crippen molar-refractivity contribution in [2.24, 2.45) is 0 Å². The summed E-state index contributed by atoms with van der Waals surface area (Å²) in [5, 5.41) is 3.27. The minimum atomic E-state index is 0.0688. The van der Waals surface area contributed by atoms with Gasteiger partial charge in [-0.1, -0.05) is 12.1 Å². The molecule has 1 aliphatic carbocycles. The molecule has 1 aromatic carbocycles. The molecule has 134 valence electrons. The number of rotatable bonds is 4. The molecule has 5 rings (SSSR count). The lowest BCUT2D eigenvalue weighted by atomic mass is 10.1. The van der Waals surface area contributed by atoms with Gasteiger partial charge in [-0.05, 0) is 36.8 Å². The van der Waals surface area contributed by atoms with Crippen LogP contribution in [0, 0.1) is 0 Å². The summed E-state index contributed by atoms with van der Waals surface area (Å²) in [6.45, 7) is 2.49. The second-order valence-corrected chi connectivity index (χ2v) is 8.21. The van der Waals surface area contributed by atoms with Crippen molar-refractivity contribution in [3.05, 3.63) is 63.2 Å². The van der Waals surface area contributed by atoms with Crippen molar-refractivity contribution < 1.29 is 0 Å². The number of aromatic nitrogens is 3. The highest BCUT2D eigenvalue weighted by molar-refractivity contribution is 7.98. The van der Waals surface area contributed by atoms with Crippen LogP contribution in [-0.2, 0) is 19.5 Å². The SMILES string of the molecule is CSc1ccc(CN2CCc3nc4cc(C5CC5)[nH]n4c(=O)c3C2)cc1. The van der Waals surface area contributed by atoms with Crippen LogP contribution in [0.5, 0.6) is 0 Å². The molecule has 5 nitrogen and oxygen atoms in total. The number of thioether (sulfide) groups is 1. The van der Waals surface area contributed by atoms with Crippen LogP contribution in [0.15, 0.2) is 40.0 Å². The first-order valence-corrected chi connectivity index (χ1v) is 10.4. The van der Waals surface area contributed by atoms with Crippen LogP contribution >= 0.6 is 11.8 Å². The molecule has 1 N–H and O–H groups in total. The molecule has 0 unspecified atom stereocenters. The molecule has 26 heavy (non-hydrogen) atoms. The third kappa shape index (κ3) is 2.87. The van der Waals surface area contributed by atoms with Gasteiger partial charge in [-0.25, -0.2) is 9.50 Å². The Labute approximate surface area is 156 Å². The molecule has 2 aliphatic rings. The highest BCUT2D eigenvalue weighted by Gasteiger charge is 2.27. The number of aromatic amines is 1. The number of benzene rings is 1. The zero-order chi connectivity index (χ0) is 17.7. The van der Waals surface area contributed by atoms with Crippen molar-refractivity contribution in [1.29, 1.82) is 0 Å². The van der Waals surface area contributed by atoms with Crippen LogP contribution < -0.4 is 5.56 Å². The lowest BCUT2D eigenvalue weighted by Crippen LogP contribution is -2.36. The first kappa shape index (κ1) is 16.1. The van der Waals surface area contributed by atoms with E-state index in [0.29, 0.717) is 12.5 Å². The van der Waals surface area contributed by atoms with Crippen molar-refractivity contribution in [1.82, 2.24) is 19.5 Å². The second kappa shape index (κ2) is 6.28. The summed E-state index contributed by atoms with van der Waals surface area (Å²) in [4.78, 5) is 21.4. The molecular weight excluding hydrogens is 344 g/mol. The van der Waals surface area contributed by atoms with E-state index in [2.05, 4.69) is 46.6 Å². The Morgan fingerprint density at radius 2 is 2.08 bits per heavy atom. The summed E-state index contributed by atoms with van der Waals surface area (Å²) >= 11 is 1.76. The maximum Gasteiger partial charge on any atom is 0.277 e. The van der Waals surface area contributed by atoms with E-state index in [-0.39, 0.29) is 5.56 Å². The highest BCUT2D eigenvalue weighted by Crippen LogP contribution is 2.39. The van der Waals surface area contributed by atoms with E-state index >= 15 is 0 Å². The summed E-state index contributed by atoms with van der Waals surface area (Å²) < 4.78 is 1.64. The predicted molar refractivity (Wildman–Crippen MR) is 104 cm³/mol. The van der Waals surface area contributed by atoms with Crippen LogP contribution in [0.3, 0.4) is 0 Å². The normalized spacial score (nSPS) is 17.6. The standard InChI is InChI=1S/C20H22N4OS/c1-26-15-6-2-13(3-7-15)11-23-9-8-17-16(12-23)20(25)24-19(21-17)10-18(22-24)14-4-5-14/h2-3,6-7,10,14,22H,4-5,8-9,11-12H2,1H3. The molecule has 0 saturated heterocycles. The molecule has 0 bridgehead atoms. The van der Waals surface area contributed by atoms with Gasteiger partial charge >= 0.3 is 0 Å². The van der Waals surface area contributed by atoms with E-state index in [1.165, 1.54) is 23.3 Å². The van der Waals surface area contributed by atoms with Crippen LogP contribution in [0.1, 0.15) is 41.3 Å². The number of nitrogens with zero attached hydrogens (tertiary/aromatic N) is 3. The van der Waals surface area contributed by atoms with E-state index < -0.39 is 0 Å². The van der Waals surface area contributed by atoms with Gasteiger partial charge in [0.1, 0.15) is 0 Å². The number of nitrogens with one attached hydrogen (secondary N) is 1. The Morgan fingerprint density at radius 1 is 1.27 bits per heavy atom. The molecule has 6 heteroatoms. The molecule has 1 aliphatic heterocycles. The van der Waals surface area contributed by atoms with Crippen molar-refractivity contribution in [2.75, 3.05) is 12.8 Å². The van der Waals surface area contributed by atoms with Crippen LogP contribution in [0.25, 0.3) is 5.65 Å². The summed E-state index contributed by atoms with van der Waals surface area (Å²) in [6, 6.07) is 10.7. The summed E-state index contributed by atoms with van der Waals surface area (Å²) in [5.74, 6) is 0.592. The molecule has 0 amide bonds. The number of H-pyrrole nitrogens is 1. The van der Waals surface area contributed by atoms with Crippen LogP contribution in [0.4, 0.5) is 0 Å². The Morgan fingerprint density at radius 3 is 2.81 bits per heavy atom. The van der Waals surface area contributed by atoms with Gasteiger partial charge in [-0.3, -0.25) is 14.8 Å². The zero-order valence-electron chi connectivity index (χ0n) is 14.9. The van der Waals surface area contributed by atoms with Gasteiger partial charge in [-0.2, -0.15) is 0 Å². The van der Waals surface area contributed by atoms with Crippen LogP contribution in [0.2, 0.25) is 0 Å². The minimum Gasteiger partial charge on any atom is -0.294 e. The zero-order valence-corrected chi connectivity index (χ0v) is 15.7. The third-order valence-electron chi connectivity index (χ3n) is 5.44. The number of hydrogen-bond acceptors (Lipinski definition) is 4. The fourth-order valence-corrected chi connectivity index (χ4v) is 4.19. The van der Waals surface area contributed by atoms with Crippen molar-refractivity contribution in [3.8, 4) is 0 Å². The van der Waals surface area contributed by atoms with Gasteiger partial charge in [0.15, 0.2) is 5.65 Å². The maximum atomic E-state index is 13.0. The number of fused-ring (bicyclic) bond motifs is 2. The molecule has 0 radical (unpaired) electrons. The lowest BCUT2D eigenvalue weighted by molar-refractivity contribution is 0.241. The Bertz CT molecular complexity index is 1020. The average Bonchev–Trinajstić information content (AvgIpc) is 3.43. The quantitative estimate of drug-likeness (QED) is 0.721. The van der Waals surface area contributed by atoms with Crippen molar-refractivity contribution >= 4 is 17.4 Å². The van der Waals surface area contributed by atoms with Crippen LogP contribution in [-0.4, -0.2) is 32.3 Å². The molecular formula is C20H22N4OS. The average molecular weight is 366 g/mol. The van der Waals surface area contributed by atoms with E-state index in [1.807, 2.05) is 0 Å². The molecule has 0 atom stereocenters. The van der Waals surface area contributed by atoms with Crippen molar-refractivity contribution in [2.45, 2.75) is 43.2 Å². The van der Waals surface area contributed by atoms with Gasteiger partial charge in [0.2, 0.25) is 0 Å². The first-order chi connectivity index (χ1) is 12.7. The van der Waals surface area contributed by atoms with E-state index in [0.717, 1.165) is 42.1 Å².